The molecule has 2 aromatic carbocycles. The van der Waals surface area contributed by atoms with Crippen molar-refractivity contribution in [1.82, 2.24) is 0 Å². The molecule has 0 fully saturated rings. The van der Waals surface area contributed by atoms with E-state index in [1.54, 1.807) is 0 Å². The van der Waals surface area contributed by atoms with Crippen molar-refractivity contribution < 1.29 is 6.15 Å². The van der Waals surface area contributed by atoms with E-state index in [9.17, 15) is 0 Å². The van der Waals surface area contributed by atoms with Gasteiger partial charge in [-0.05, 0) is 0 Å². The van der Waals surface area contributed by atoms with Gasteiger partial charge in [-0.15, -0.1) is 0 Å². The fourth-order valence-electron chi connectivity index (χ4n) is 6.96. The van der Waals surface area contributed by atoms with Gasteiger partial charge in [0.2, 0.25) is 0 Å². The molecular formula is C40H68O2Sn. The molecule has 244 valence electrons. The molecule has 0 amide bonds. The Morgan fingerprint density at radius 2 is 0.837 bits per heavy atom. The molecule has 0 saturated heterocycles. The second-order valence-electron chi connectivity index (χ2n) is 13.7. The van der Waals surface area contributed by atoms with Crippen LogP contribution >= 0.6 is 0 Å². The first-order chi connectivity index (χ1) is 20.8. The second-order valence-corrected chi connectivity index (χ2v) is 23.0. The van der Waals surface area contributed by atoms with E-state index in [0.717, 1.165) is 33.2 Å². The summed E-state index contributed by atoms with van der Waals surface area (Å²) >= 11 is -3.68. The van der Waals surface area contributed by atoms with Gasteiger partial charge in [-0.3, -0.25) is 0 Å². The molecule has 2 nitrogen and oxygen atoms in total. The van der Waals surface area contributed by atoms with Crippen LogP contribution in [-0.4, -0.2) is 19.2 Å². The first kappa shape index (κ1) is 38.0. The zero-order valence-corrected chi connectivity index (χ0v) is 32.4. The summed E-state index contributed by atoms with van der Waals surface area (Å²) < 4.78 is 17.4. The van der Waals surface area contributed by atoms with Crippen molar-refractivity contribution in [3.63, 3.8) is 0 Å². The summed E-state index contributed by atoms with van der Waals surface area (Å²) in [7, 11) is 0. The first-order valence-corrected chi connectivity index (χ1v) is 24.7. The number of hydrogen-bond donors (Lipinski definition) is 0. The Hall–Kier alpha value is -1.16. The van der Waals surface area contributed by atoms with Crippen molar-refractivity contribution in [3.05, 3.63) is 59.7 Å². The number of para-hydroxylation sites is 2. The molecule has 0 spiro atoms. The third-order valence-electron chi connectivity index (χ3n) is 9.54. The van der Waals surface area contributed by atoms with Gasteiger partial charge in [-0.1, -0.05) is 0 Å². The Labute approximate surface area is 273 Å². The van der Waals surface area contributed by atoms with Crippen molar-refractivity contribution >= 4 is 19.2 Å². The minimum absolute atomic E-state index is 0.501. The van der Waals surface area contributed by atoms with Gasteiger partial charge in [-0.25, -0.2) is 0 Å². The Balaban J connectivity index is 2.53. The monoisotopic (exact) mass is 700 g/mol. The summed E-state index contributed by atoms with van der Waals surface area (Å²) in [5.41, 5.74) is 2.77. The number of unbranched alkanes of at least 4 members (excludes halogenated alkanes) is 10. The maximum atomic E-state index is 7.54. The fraction of sp³-hybridized carbons (Fsp3) is 0.700. The quantitative estimate of drug-likeness (QED) is 0.0802. The Bertz CT molecular complexity index is 904. The van der Waals surface area contributed by atoms with E-state index in [4.69, 9.17) is 6.15 Å². The molecule has 3 heteroatoms. The summed E-state index contributed by atoms with van der Waals surface area (Å²) in [6.07, 6.45) is 17.9. The van der Waals surface area contributed by atoms with Crippen molar-refractivity contribution in [1.29, 1.82) is 0 Å². The van der Waals surface area contributed by atoms with Gasteiger partial charge in [0.1, 0.15) is 0 Å². The maximum absolute atomic E-state index is 7.54. The minimum atomic E-state index is -3.68. The molecule has 2 aromatic rings. The van der Waals surface area contributed by atoms with Crippen LogP contribution in [0.5, 0.6) is 11.5 Å². The summed E-state index contributed by atoms with van der Waals surface area (Å²) in [4.78, 5) is 0. The van der Waals surface area contributed by atoms with Crippen molar-refractivity contribution in [2.24, 2.45) is 11.8 Å². The van der Waals surface area contributed by atoms with Gasteiger partial charge in [-0.2, -0.15) is 0 Å². The van der Waals surface area contributed by atoms with E-state index in [1.165, 1.54) is 88.2 Å². The molecule has 2 atom stereocenters. The molecule has 0 N–H and O–H groups in total. The molecule has 0 aliphatic carbocycles. The Morgan fingerprint density at radius 3 is 1.19 bits per heavy atom. The third kappa shape index (κ3) is 13.0. The normalized spacial score (nSPS) is 13.4. The molecule has 0 aliphatic rings. The number of benzene rings is 2. The standard InChI is InChI=1S/2C12H18O.2C8H17.Sn/c2*1-4-10(9(2)3)11-7-5-6-8-12(11)13;2*1-3-5-7-8-6-4-2;/h2*5-10,13H,4H2,1-3H3;2*1,3-8H2,2H3;/q;;;;+2/p-2. The van der Waals surface area contributed by atoms with Gasteiger partial charge < -0.3 is 0 Å². The van der Waals surface area contributed by atoms with Crippen molar-refractivity contribution in [2.45, 2.75) is 166 Å². The van der Waals surface area contributed by atoms with Crippen LogP contribution in [0.1, 0.15) is 168 Å². The van der Waals surface area contributed by atoms with Crippen LogP contribution in [0.2, 0.25) is 8.87 Å². The van der Waals surface area contributed by atoms with Crippen molar-refractivity contribution in [2.75, 3.05) is 0 Å². The van der Waals surface area contributed by atoms with Crippen LogP contribution in [0, 0.1) is 11.8 Å². The predicted octanol–water partition coefficient (Wildman–Crippen LogP) is 13.6. The summed E-state index contributed by atoms with van der Waals surface area (Å²) in [5, 5.41) is 0. The van der Waals surface area contributed by atoms with E-state index in [1.807, 2.05) is 0 Å². The van der Waals surface area contributed by atoms with Crippen LogP contribution in [0.4, 0.5) is 0 Å². The number of hydrogen-bond acceptors (Lipinski definition) is 2. The topological polar surface area (TPSA) is 18.5 Å². The zero-order chi connectivity index (χ0) is 31.5. The van der Waals surface area contributed by atoms with E-state index in [0.29, 0.717) is 23.7 Å². The van der Waals surface area contributed by atoms with E-state index in [2.05, 4.69) is 104 Å². The van der Waals surface area contributed by atoms with Gasteiger partial charge >= 0.3 is 274 Å². The summed E-state index contributed by atoms with van der Waals surface area (Å²) in [5.74, 6) is 4.39. The summed E-state index contributed by atoms with van der Waals surface area (Å²) in [6, 6.07) is 17.9. The molecular weight excluding hydrogens is 631 g/mol. The number of rotatable bonds is 24. The van der Waals surface area contributed by atoms with Gasteiger partial charge in [0.05, 0.1) is 0 Å². The second kappa shape index (κ2) is 21.6. The van der Waals surface area contributed by atoms with Crippen LogP contribution < -0.4 is 6.15 Å². The van der Waals surface area contributed by atoms with E-state index in [-0.39, 0.29) is 0 Å². The van der Waals surface area contributed by atoms with E-state index < -0.39 is 19.2 Å². The van der Waals surface area contributed by atoms with E-state index >= 15 is 0 Å². The van der Waals surface area contributed by atoms with Crippen LogP contribution in [0.15, 0.2) is 48.5 Å². The first-order valence-electron chi connectivity index (χ1n) is 18.4. The molecule has 0 aromatic heterocycles. The molecule has 0 heterocycles. The van der Waals surface area contributed by atoms with Crippen LogP contribution in [-0.2, 0) is 0 Å². The molecule has 0 aliphatic heterocycles. The zero-order valence-electron chi connectivity index (χ0n) is 29.6. The average molecular weight is 700 g/mol. The Morgan fingerprint density at radius 1 is 0.488 bits per heavy atom. The predicted molar refractivity (Wildman–Crippen MR) is 192 cm³/mol. The van der Waals surface area contributed by atoms with Crippen LogP contribution in [0.25, 0.3) is 0 Å². The SMILES string of the molecule is CCCCCCC[CH2][Sn]([CH2]CCCCCCC)([O]c1ccccc1C(CC)C(C)C)[O]c1ccccc1C(CC)C(C)C. The third-order valence-corrected chi connectivity index (χ3v) is 19.3. The molecule has 0 saturated carbocycles. The summed E-state index contributed by atoms with van der Waals surface area (Å²) in [6.45, 7) is 18.7. The Kier molecular flexibility index (Phi) is 19.1. The molecule has 43 heavy (non-hydrogen) atoms. The van der Waals surface area contributed by atoms with Gasteiger partial charge in [0, 0.05) is 0 Å². The molecule has 2 unspecified atom stereocenters. The molecule has 0 bridgehead atoms. The van der Waals surface area contributed by atoms with Crippen molar-refractivity contribution in [3.8, 4) is 11.5 Å². The van der Waals surface area contributed by atoms with Gasteiger partial charge in [0.25, 0.3) is 0 Å². The molecule has 2 rings (SSSR count). The van der Waals surface area contributed by atoms with Gasteiger partial charge in [0.15, 0.2) is 0 Å². The molecule has 0 radical (unpaired) electrons. The fourth-order valence-corrected chi connectivity index (χ4v) is 16.8. The van der Waals surface area contributed by atoms with Crippen LogP contribution in [0.3, 0.4) is 0 Å². The average Bonchev–Trinajstić information content (AvgIpc) is 2.99.